The number of amides is 1. The van der Waals surface area contributed by atoms with Gasteiger partial charge in [0.15, 0.2) is 11.5 Å². The van der Waals surface area contributed by atoms with Gasteiger partial charge in [-0.05, 0) is 49.9 Å². The largest absolute Gasteiger partial charge is 0.355 e. The predicted octanol–water partition coefficient (Wildman–Crippen LogP) is 3.21. The Morgan fingerprint density at radius 3 is 2.53 bits per heavy atom. The second-order valence-corrected chi connectivity index (χ2v) is 8.22. The lowest BCUT2D eigenvalue weighted by atomic mass is 9.95. The number of hydrogen-bond acceptors (Lipinski definition) is 5. The molecule has 8 heteroatoms. The number of aromatic nitrogens is 4. The summed E-state index contributed by atoms with van der Waals surface area (Å²) in [4.78, 5) is 14.7. The van der Waals surface area contributed by atoms with E-state index in [1.165, 1.54) is 18.9 Å². The summed E-state index contributed by atoms with van der Waals surface area (Å²) in [6.07, 6.45) is 6.27. The molecule has 0 bridgehead atoms. The van der Waals surface area contributed by atoms with E-state index in [9.17, 15) is 9.18 Å². The summed E-state index contributed by atoms with van der Waals surface area (Å²) in [5.41, 5.74) is 0.944. The topological polar surface area (TPSA) is 75.4 Å². The Kier molecular flexibility index (Phi) is 5.06. The van der Waals surface area contributed by atoms with Crippen molar-refractivity contribution in [2.75, 3.05) is 18.0 Å². The lowest BCUT2D eigenvalue weighted by Crippen LogP contribution is -2.43. The summed E-state index contributed by atoms with van der Waals surface area (Å²) in [5.74, 6) is 1.08. The molecule has 0 unspecified atom stereocenters. The van der Waals surface area contributed by atoms with Gasteiger partial charge < -0.3 is 10.2 Å². The highest BCUT2D eigenvalue weighted by atomic mass is 19.1. The second kappa shape index (κ2) is 8.01. The Morgan fingerprint density at radius 2 is 1.77 bits per heavy atom. The first kappa shape index (κ1) is 19.0. The number of nitrogens with one attached hydrogen (secondary N) is 1. The smallest absolute Gasteiger partial charge is 0.223 e. The lowest BCUT2D eigenvalue weighted by Gasteiger charge is -2.32. The predicted molar refractivity (Wildman–Crippen MR) is 112 cm³/mol. The summed E-state index contributed by atoms with van der Waals surface area (Å²) in [7, 11) is 0. The van der Waals surface area contributed by atoms with Crippen molar-refractivity contribution in [1.82, 2.24) is 25.1 Å². The average Bonchev–Trinajstić information content (AvgIpc) is 3.43. The number of piperidine rings is 1. The number of anilines is 1. The molecule has 2 fully saturated rings. The number of halogens is 1. The first-order chi connectivity index (χ1) is 14.7. The van der Waals surface area contributed by atoms with Crippen molar-refractivity contribution in [3.8, 4) is 11.4 Å². The quantitative estimate of drug-likeness (QED) is 0.718. The Morgan fingerprint density at radius 1 is 1.00 bits per heavy atom. The fraction of sp³-hybridized carbons (Fsp3) is 0.455. The third-order valence-corrected chi connectivity index (χ3v) is 6.25. The Bertz CT molecular complexity index is 1050. The van der Waals surface area contributed by atoms with Gasteiger partial charge in [0.1, 0.15) is 11.6 Å². The van der Waals surface area contributed by atoms with E-state index in [0.29, 0.717) is 23.1 Å². The highest BCUT2D eigenvalue weighted by molar-refractivity contribution is 5.79. The van der Waals surface area contributed by atoms with Crippen LogP contribution in [0.4, 0.5) is 10.2 Å². The third kappa shape index (κ3) is 3.62. The molecular weight excluding hydrogens is 383 g/mol. The van der Waals surface area contributed by atoms with Crippen LogP contribution in [0.5, 0.6) is 0 Å². The van der Waals surface area contributed by atoms with Crippen molar-refractivity contribution in [3.63, 3.8) is 0 Å². The van der Waals surface area contributed by atoms with E-state index in [4.69, 9.17) is 0 Å². The zero-order valence-corrected chi connectivity index (χ0v) is 16.8. The van der Waals surface area contributed by atoms with Crippen molar-refractivity contribution in [1.29, 1.82) is 0 Å². The van der Waals surface area contributed by atoms with E-state index < -0.39 is 0 Å². The summed E-state index contributed by atoms with van der Waals surface area (Å²) in [6.45, 7) is 1.52. The van der Waals surface area contributed by atoms with Gasteiger partial charge in [-0.1, -0.05) is 25.0 Å². The van der Waals surface area contributed by atoms with Gasteiger partial charge in [0.2, 0.25) is 5.91 Å². The minimum Gasteiger partial charge on any atom is -0.355 e. The number of hydrogen-bond donors (Lipinski definition) is 1. The van der Waals surface area contributed by atoms with E-state index in [-0.39, 0.29) is 17.6 Å². The first-order valence-electron chi connectivity index (χ1n) is 10.7. The number of rotatable bonds is 4. The van der Waals surface area contributed by atoms with E-state index in [0.717, 1.165) is 44.6 Å². The Labute approximate surface area is 174 Å². The second-order valence-electron chi connectivity index (χ2n) is 8.22. The van der Waals surface area contributed by atoms with Crippen LogP contribution >= 0.6 is 0 Å². The molecule has 0 radical (unpaired) electrons. The molecule has 3 aromatic rings. The molecule has 1 aliphatic carbocycles. The van der Waals surface area contributed by atoms with Gasteiger partial charge in [0.05, 0.1) is 5.56 Å². The molecule has 1 N–H and O–H groups in total. The van der Waals surface area contributed by atoms with Crippen molar-refractivity contribution in [2.45, 2.75) is 44.6 Å². The SMILES string of the molecule is O=C(NC1CCCC1)C1CCN(c2ccc3nnc(-c4ccccc4F)n3n2)CC1. The van der Waals surface area contributed by atoms with Crippen LogP contribution < -0.4 is 10.2 Å². The maximum absolute atomic E-state index is 14.2. The van der Waals surface area contributed by atoms with Crippen LogP contribution in [-0.2, 0) is 4.79 Å². The third-order valence-electron chi connectivity index (χ3n) is 6.25. The average molecular weight is 408 g/mol. The summed E-state index contributed by atoms with van der Waals surface area (Å²) in [5, 5.41) is 16.2. The molecule has 30 heavy (non-hydrogen) atoms. The fourth-order valence-corrected chi connectivity index (χ4v) is 4.52. The van der Waals surface area contributed by atoms with Crippen molar-refractivity contribution in [3.05, 3.63) is 42.2 Å². The highest BCUT2D eigenvalue weighted by Crippen LogP contribution is 2.26. The number of benzene rings is 1. The van der Waals surface area contributed by atoms with Gasteiger partial charge in [-0.25, -0.2) is 4.39 Å². The number of nitrogens with zero attached hydrogens (tertiary/aromatic N) is 5. The van der Waals surface area contributed by atoms with Gasteiger partial charge in [0.25, 0.3) is 0 Å². The molecule has 1 aromatic carbocycles. The highest BCUT2D eigenvalue weighted by Gasteiger charge is 2.28. The molecule has 1 saturated carbocycles. The maximum Gasteiger partial charge on any atom is 0.223 e. The summed E-state index contributed by atoms with van der Waals surface area (Å²) in [6, 6.07) is 10.6. The van der Waals surface area contributed by atoms with Crippen LogP contribution in [0.1, 0.15) is 38.5 Å². The molecular formula is C22H25FN6O. The molecule has 1 amide bonds. The van der Waals surface area contributed by atoms with Gasteiger partial charge in [-0.2, -0.15) is 4.52 Å². The zero-order chi connectivity index (χ0) is 20.5. The van der Waals surface area contributed by atoms with Crippen LogP contribution in [0, 0.1) is 11.7 Å². The van der Waals surface area contributed by atoms with E-state index >= 15 is 0 Å². The van der Waals surface area contributed by atoms with Crippen molar-refractivity contribution < 1.29 is 9.18 Å². The first-order valence-corrected chi connectivity index (χ1v) is 10.7. The van der Waals surface area contributed by atoms with E-state index in [2.05, 4.69) is 25.5 Å². The molecule has 3 heterocycles. The zero-order valence-electron chi connectivity index (χ0n) is 16.8. The van der Waals surface area contributed by atoms with Crippen LogP contribution in [0.25, 0.3) is 17.0 Å². The fourth-order valence-electron chi connectivity index (χ4n) is 4.52. The van der Waals surface area contributed by atoms with Gasteiger partial charge >= 0.3 is 0 Å². The molecule has 2 aliphatic rings. The molecule has 5 rings (SSSR count). The number of carbonyl (C=O) groups is 1. The molecule has 7 nitrogen and oxygen atoms in total. The van der Waals surface area contributed by atoms with E-state index in [1.54, 1.807) is 22.7 Å². The summed E-state index contributed by atoms with van der Waals surface area (Å²) < 4.78 is 15.8. The van der Waals surface area contributed by atoms with Gasteiger partial charge in [-0.15, -0.1) is 15.3 Å². The molecule has 1 aliphatic heterocycles. The normalized spacial score (nSPS) is 18.2. The number of fused-ring (bicyclic) bond motifs is 1. The van der Waals surface area contributed by atoms with Crippen LogP contribution in [-0.4, -0.2) is 44.8 Å². The molecule has 156 valence electrons. The molecule has 0 spiro atoms. The standard InChI is InChI=1S/C22H25FN6O/c23-18-8-4-3-7-17(18)21-26-25-19-9-10-20(27-29(19)21)28-13-11-15(12-14-28)22(30)24-16-5-1-2-6-16/h3-4,7-10,15-16H,1-2,5-6,11-14H2,(H,24,30). The summed E-state index contributed by atoms with van der Waals surface area (Å²) >= 11 is 0. The van der Waals surface area contributed by atoms with Gasteiger partial charge in [0, 0.05) is 25.0 Å². The minimum absolute atomic E-state index is 0.0643. The van der Waals surface area contributed by atoms with Crippen LogP contribution in [0.15, 0.2) is 36.4 Å². The lowest BCUT2D eigenvalue weighted by molar-refractivity contribution is -0.126. The maximum atomic E-state index is 14.2. The Balaban J connectivity index is 1.31. The van der Waals surface area contributed by atoms with Crippen LogP contribution in [0.2, 0.25) is 0 Å². The number of carbonyl (C=O) groups excluding carboxylic acids is 1. The van der Waals surface area contributed by atoms with Gasteiger partial charge in [-0.3, -0.25) is 4.79 Å². The van der Waals surface area contributed by atoms with Crippen molar-refractivity contribution >= 4 is 17.4 Å². The Hall–Kier alpha value is -3.03. The molecule has 1 saturated heterocycles. The molecule has 0 atom stereocenters. The minimum atomic E-state index is -0.354. The van der Waals surface area contributed by atoms with Crippen LogP contribution in [0.3, 0.4) is 0 Å². The van der Waals surface area contributed by atoms with Crippen molar-refractivity contribution in [2.24, 2.45) is 5.92 Å². The monoisotopic (exact) mass is 408 g/mol. The molecule has 2 aromatic heterocycles. The van der Waals surface area contributed by atoms with E-state index in [1.807, 2.05) is 12.1 Å².